The van der Waals surface area contributed by atoms with Crippen LogP contribution in [-0.2, 0) is 4.79 Å². The molecule has 0 aromatic heterocycles. The van der Waals surface area contributed by atoms with Gasteiger partial charge in [-0.05, 0) is 50.4 Å². The molecular weight excluding hydrogens is 290 g/mol. The highest BCUT2D eigenvalue weighted by molar-refractivity contribution is 5.85. The first-order chi connectivity index (χ1) is 9.56. The fourth-order valence-corrected chi connectivity index (χ4v) is 2.57. The highest BCUT2D eigenvalue weighted by Gasteiger charge is 2.27. The van der Waals surface area contributed by atoms with Gasteiger partial charge in [-0.2, -0.15) is 0 Å². The molecule has 0 amide bonds. The van der Waals surface area contributed by atoms with Crippen LogP contribution >= 0.6 is 12.4 Å². The van der Waals surface area contributed by atoms with Crippen LogP contribution in [-0.4, -0.2) is 42.2 Å². The lowest BCUT2D eigenvalue weighted by Crippen LogP contribution is -2.25. The lowest BCUT2D eigenvalue weighted by Gasteiger charge is -2.15. The smallest absolute Gasteiger partial charge is 0.307 e. The summed E-state index contributed by atoms with van der Waals surface area (Å²) in [5.74, 6) is 0.101. The monoisotopic (exact) mass is 313 g/mol. The number of hydrogen-bond donors (Lipinski definition) is 1. The van der Waals surface area contributed by atoms with E-state index in [-0.39, 0.29) is 18.3 Å². The Morgan fingerprint density at radius 3 is 2.86 bits per heavy atom. The third-order valence-corrected chi connectivity index (χ3v) is 3.84. The fourth-order valence-electron chi connectivity index (χ4n) is 2.57. The van der Waals surface area contributed by atoms with E-state index >= 15 is 0 Å². The largest absolute Gasteiger partial charge is 0.493 e. The summed E-state index contributed by atoms with van der Waals surface area (Å²) in [6.07, 6.45) is 1.70. The molecule has 2 rings (SSSR count). The van der Waals surface area contributed by atoms with E-state index in [9.17, 15) is 4.79 Å². The maximum atomic E-state index is 10.9. The van der Waals surface area contributed by atoms with Crippen LogP contribution in [0.2, 0.25) is 0 Å². The van der Waals surface area contributed by atoms with E-state index in [0.717, 1.165) is 37.2 Å². The molecule has 0 radical (unpaired) electrons. The van der Waals surface area contributed by atoms with Crippen molar-refractivity contribution in [3.8, 4) is 5.75 Å². The van der Waals surface area contributed by atoms with Gasteiger partial charge in [0.2, 0.25) is 0 Å². The first-order valence-corrected chi connectivity index (χ1v) is 7.21. The van der Waals surface area contributed by atoms with Gasteiger partial charge in [0.25, 0.3) is 0 Å². The molecule has 0 saturated carbocycles. The van der Waals surface area contributed by atoms with Crippen molar-refractivity contribution in [1.29, 1.82) is 0 Å². The minimum absolute atomic E-state index is 0. The molecule has 21 heavy (non-hydrogen) atoms. The minimum Gasteiger partial charge on any atom is -0.493 e. The zero-order valence-electron chi connectivity index (χ0n) is 12.7. The van der Waals surface area contributed by atoms with Crippen LogP contribution in [0.15, 0.2) is 18.2 Å². The third-order valence-electron chi connectivity index (χ3n) is 3.84. The Bertz CT molecular complexity index is 479. The molecule has 0 spiro atoms. The van der Waals surface area contributed by atoms with Crippen LogP contribution in [0.1, 0.15) is 24.0 Å². The standard InChI is InChI=1S/C16H23NO3.ClH/c1-12-4-5-13(2)15(10-12)20-9-3-7-17-8-6-14(11-17)16(18)19;/h4-5,10,14H,3,6-9,11H2,1-2H3,(H,18,19);1H. The molecule has 1 aromatic rings. The van der Waals surface area contributed by atoms with E-state index in [1.807, 2.05) is 6.92 Å². The molecule has 0 bridgehead atoms. The van der Waals surface area contributed by atoms with Crippen LogP contribution < -0.4 is 4.74 Å². The van der Waals surface area contributed by atoms with Gasteiger partial charge in [-0.3, -0.25) is 4.79 Å². The van der Waals surface area contributed by atoms with Gasteiger partial charge in [0, 0.05) is 13.1 Å². The van der Waals surface area contributed by atoms with Crippen LogP contribution in [0.4, 0.5) is 0 Å². The average molecular weight is 314 g/mol. The van der Waals surface area contributed by atoms with Gasteiger partial charge in [0.05, 0.1) is 12.5 Å². The van der Waals surface area contributed by atoms with Gasteiger partial charge in [0.1, 0.15) is 5.75 Å². The zero-order chi connectivity index (χ0) is 14.5. The zero-order valence-corrected chi connectivity index (χ0v) is 13.5. The lowest BCUT2D eigenvalue weighted by atomic mass is 10.1. The number of aryl methyl sites for hydroxylation is 2. The first-order valence-electron chi connectivity index (χ1n) is 7.21. The van der Waals surface area contributed by atoms with E-state index < -0.39 is 5.97 Å². The quantitative estimate of drug-likeness (QED) is 0.820. The van der Waals surface area contributed by atoms with Crippen molar-refractivity contribution in [3.63, 3.8) is 0 Å². The van der Waals surface area contributed by atoms with E-state index in [2.05, 4.69) is 30.0 Å². The van der Waals surface area contributed by atoms with E-state index in [0.29, 0.717) is 13.2 Å². The summed E-state index contributed by atoms with van der Waals surface area (Å²) >= 11 is 0. The number of likely N-dealkylation sites (tertiary alicyclic amines) is 1. The number of nitrogens with zero attached hydrogens (tertiary/aromatic N) is 1. The molecule has 4 nitrogen and oxygen atoms in total. The van der Waals surface area contributed by atoms with Crippen LogP contribution in [0.25, 0.3) is 0 Å². The van der Waals surface area contributed by atoms with Crippen molar-refractivity contribution in [1.82, 2.24) is 4.90 Å². The van der Waals surface area contributed by atoms with Gasteiger partial charge in [-0.25, -0.2) is 0 Å². The molecular formula is C16H24ClNO3. The highest BCUT2D eigenvalue weighted by atomic mass is 35.5. The number of halogens is 1. The molecule has 1 aliphatic rings. The van der Waals surface area contributed by atoms with E-state index in [4.69, 9.17) is 9.84 Å². The highest BCUT2D eigenvalue weighted by Crippen LogP contribution is 2.20. The number of hydrogen-bond acceptors (Lipinski definition) is 3. The number of carbonyl (C=O) groups is 1. The molecule has 5 heteroatoms. The summed E-state index contributed by atoms with van der Waals surface area (Å²) in [4.78, 5) is 13.1. The summed E-state index contributed by atoms with van der Waals surface area (Å²) in [5, 5.41) is 8.96. The Kier molecular flexibility index (Phi) is 6.99. The Hall–Kier alpha value is -1.26. The molecule has 1 heterocycles. The van der Waals surface area contributed by atoms with Gasteiger partial charge < -0.3 is 14.7 Å². The third kappa shape index (κ3) is 5.21. The summed E-state index contributed by atoms with van der Waals surface area (Å²) in [7, 11) is 0. The number of benzene rings is 1. The second-order valence-electron chi connectivity index (χ2n) is 5.60. The van der Waals surface area contributed by atoms with Crippen LogP contribution in [0.5, 0.6) is 5.75 Å². The predicted molar refractivity (Wildman–Crippen MR) is 85.5 cm³/mol. The average Bonchev–Trinajstić information content (AvgIpc) is 2.87. The summed E-state index contributed by atoms with van der Waals surface area (Å²) < 4.78 is 5.81. The molecule has 1 saturated heterocycles. The molecule has 0 aliphatic carbocycles. The normalized spacial score (nSPS) is 18.3. The van der Waals surface area contributed by atoms with Crippen molar-refractivity contribution in [3.05, 3.63) is 29.3 Å². The number of ether oxygens (including phenoxy) is 1. The summed E-state index contributed by atoms with van der Waals surface area (Å²) in [6, 6.07) is 6.21. The number of rotatable bonds is 6. The Morgan fingerprint density at radius 2 is 2.19 bits per heavy atom. The minimum atomic E-state index is -0.667. The Morgan fingerprint density at radius 1 is 1.43 bits per heavy atom. The second-order valence-corrected chi connectivity index (χ2v) is 5.60. The molecule has 1 aromatic carbocycles. The van der Waals surface area contributed by atoms with Crippen molar-refractivity contribution < 1.29 is 14.6 Å². The van der Waals surface area contributed by atoms with E-state index in [1.54, 1.807) is 0 Å². The lowest BCUT2D eigenvalue weighted by molar-refractivity contribution is -0.141. The summed E-state index contributed by atoms with van der Waals surface area (Å²) in [5.41, 5.74) is 2.36. The van der Waals surface area contributed by atoms with Gasteiger partial charge in [-0.15, -0.1) is 12.4 Å². The predicted octanol–water partition coefficient (Wildman–Crippen LogP) is 2.90. The number of aliphatic carboxylic acids is 1. The summed E-state index contributed by atoms with van der Waals surface area (Å²) in [6.45, 7) is 7.27. The van der Waals surface area contributed by atoms with Crippen LogP contribution in [0, 0.1) is 19.8 Å². The topological polar surface area (TPSA) is 49.8 Å². The molecule has 1 N–H and O–H groups in total. The van der Waals surface area contributed by atoms with Crippen molar-refractivity contribution in [2.24, 2.45) is 5.92 Å². The first kappa shape index (κ1) is 17.8. The van der Waals surface area contributed by atoms with Crippen molar-refractivity contribution in [2.45, 2.75) is 26.7 Å². The molecule has 118 valence electrons. The molecule has 1 aliphatic heterocycles. The number of carboxylic acid groups (broad SMARTS) is 1. The molecule has 1 fully saturated rings. The Balaban J connectivity index is 0.00000220. The molecule has 1 unspecified atom stereocenters. The van der Waals surface area contributed by atoms with Crippen molar-refractivity contribution >= 4 is 18.4 Å². The maximum Gasteiger partial charge on any atom is 0.307 e. The SMILES string of the molecule is Cc1ccc(C)c(OCCCN2CCC(C(=O)O)C2)c1.Cl. The van der Waals surface area contributed by atoms with Gasteiger partial charge >= 0.3 is 5.97 Å². The fraction of sp³-hybridized carbons (Fsp3) is 0.562. The maximum absolute atomic E-state index is 10.9. The van der Waals surface area contributed by atoms with Crippen LogP contribution in [0.3, 0.4) is 0 Å². The number of carboxylic acids is 1. The second kappa shape index (κ2) is 8.25. The van der Waals surface area contributed by atoms with Gasteiger partial charge in [-0.1, -0.05) is 12.1 Å². The van der Waals surface area contributed by atoms with E-state index in [1.165, 1.54) is 5.56 Å². The Labute approximate surface area is 132 Å². The molecule has 1 atom stereocenters. The van der Waals surface area contributed by atoms with Gasteiger partial charge in [0.15, 0.2) is 0 Å². The van der Waals surface area contributed by atoms with Crippen molar-refractivity contribution in [2.75, 3.05) is 26.2 Å².